The van der Waals surface area contributed by atoms with Crippen molar-refractivity contribution in [1.82, 2.24) is 4.98 Å². The number of thiazole rings is 1. The largest absolute Gasteiger partial charge is 0.383 e. The van der Waals surface area contributed by atoms with E-state index in [4.69, 9.17) is 5.73 Å². The summed E-state index contributed by atoms with van der Waals surface area (Å²) in [7, 11) is 0. The average molecular weight is 255 g/mol. The topological polar surface area (TPSA) is 38.9 Å². The predicted molar refractivity (Wildman–Crippen MR) is 59.7 cm³/mol. The molecule has 1 heterocycles. The van der Waals surface area contributed by atoms with Crippen LogP contribution in [0, 0.1) is 0 Å². The van der Waals surface area contributed by atoms with Crippen LogP contribution >= 0.6 is 27.3 Å². The fraction of sp³-hybridized carbons (Fsp3) is 0. The molecule has 2 aromatic rings. The van der Waals surface area contributed by atoms with Gasteiger partial charge in [0.15, 0.2) is 0 Å². The normalized spacial score (nSPS) is 10.2. The van der Waals surface area contributed by atoms with E-state index in [1.165, 1.54) is 0 Å². The lowest BCUT2D eigenvalue weighted by Crippen LogP contribution is -1.83. The molecule has 0 atom stereocenters. The van der Waals surface area contributed by atoms with Gasteiger partial charge in [-0.05, 0) is 6.07 Å². The number of hydrogen-bond acceptors (Lipinski definition) is 3. The van der Waals surface area contributed by atoms with E-state index >= 15 is 0 Å². The Bertz CT molecular complexity index is 425. The predicted octanol–water partition coefficient (Wildman–Crippen LogP) is 3.15. The number of rotatable bonds is 1. The first-order valence-electron chi connectivity index (χ1n) is 3.73. The Morgan fingerprint density at radius 3 is 2.69 bits per heavy atom. The summed E-state index contributed by atoms with van der Waals surface area (Å²) >= 11 is 5.02. The van der Waals surface area contributed by atoms with Crippen LogP contribution in [0.15, 0.2) is 34.1 Å². The van der Waals surface area contributed by atoms with Gasteiger partial charge in [-0.1, -0.05) is 34.1 Å². The molecule has 66 valence electrons. The molecule has 0 aliphatic heterocycles. The molecule has 1 aromatic heterocycles. The molecule has 0 bridgehead atoms. The Hall–Kier alpha value is -0.870. The molecule has 0 fully saturated rings. The third kappa shape index (κ3) is 1.73. The number of aromatic nitrogens is 1. The Morgan fingerprint density at radius 1 is 1.31 bits per heavy atom. The smallest absolute Gasteiger partial charge is 0.135 e. The van der Waals surface area contributed by atoms with Crippen molar-refractivity contribution in [3.05, 3.63) is 34.1 Å². The molecule has 0 aliphatic rings. The summed E-state index contributed by atoms with van der Waals surface area (Å²) in [6.07, 6.45) is 0. The van der Waals surface area contributed by atoms with Gasteiger partial charge in [0.2, 0.25) is 0 Å². The highest BCUT2D eigenvalue weighted by Gasteiger charge is 2.05. The van der Waals surface area contributed by atoms with Gasteiger partial charge in [0, 0.05) is 15.4 Å². The van der Waals surface area contributed by atoms with Crippen LogP contribution in [0.3, 0.4) is 0 Å². The van der Waals surface area contributed by atoms with Gasteiger partial charge in [0.25, 0.3) is 0 Å². The molecular formula is C9H7BrN2S. The number of nitrogens with two attached hydrogens (primary N) is 1. The fourth-order valence-electron chi connectivity index (χ4n) is 1.04. The number of nitrogen functional groups attached to an aromatic ring is 1. The van der Waals surface area contributed by atoms with Crippen molar-refractivity contribution in [2.75, 3.05) is 5.73 Å². The van der Waals surface area contributed by atoms with Crippen molar-refractivity contribution >= 4 is 33.1 Å². The third-order valence-corrected chi connectivity index (χ3v) is 3.21. The molecule has 0 unspecified atom stereocenters. The van der Waals surface area contributed by atoms with E-state index in [0.717, 1.165) is 15.0 Å². The Kier molecular flexibility index (Phi) is 2.33. The lowest BCUT2D eigenvalue weighted by atomic mass is 10.2. The van der Waals surface area contributed by atoms with E-state index in [0.29, 0.717) is 5.82 Å². The standard InChI is InChI=1S/C9H7BrN2S/c10-7-4-2-1-3-6(7)9-12-8(11)5-13-9/h1-5H,11H2. The summed E-state index contributed by atoms with van der Waals surface area (Å²) in [6, 6.07) is 7.97. The van der Waals surface area contributed by atoms with Gasteiger partial charge in [0.1, 0.15) is 10.8 Å². The Morgan fingerprint density at radius 2 is 2.08 bits per heavy atom. The molecule has 4 heteroatoms. The summed E-state index contributed by atoms with van der Waals surface area (Å²) < 4.78 is 1.05. The van der Waals surface area contributed by atoms with Crippen LogP contribution in [0.2, 0.25) is 0 Å². The van der Waals surface area contributed by atoms with Crippen LogP contribution in [-0.4, -0.2) is 4.98 Å². The molecule has 2 nitrogen and oxygen atoms in total. The van der Waals surface area contributed by atoms with Gasteiger partial charge in [0.05, 0.1) is 0 Å². The zero-order valence-electron chi connectivity index (χ0n) is 6.70. The number of nitrogens with zero attached hydrogens (tertiary/aromatic N) is 1. The second kappa shape index (κ2) is 3.47. The quantitative estimate of drug-likeness (QED) is 0.850. The van der Waals surface area contributed by atoms with Crippen LogP contribution in [0.5, 0.6) is 0 Å². The first kappa shape index (κ1) is 8.72. The van der Waals surface area contributed by atoms with Gasteiger partial charge in [-0.3, -0.25) is 0 Å². The van der Waals surface area contributed by atoms with Crippen LogP contribution in [0.25, 0.3) is 10.6 Å². The fourth-order valence-corrected chi connectivity index (χ4v) is 2.40. The summed E-state index contributed by atoms with van der Waals surface area (Å²) in [5, 5.41) is 2.79. The highest BCUT2D eigenvalue weighted by molar-refractivity contribution is 9.10. The third-order valence-electron chi connectivity index (χ3n) is 1.63. The monoisotopic (exact) mass is 254 g/mol. The molecule has 13 heavy (non-hydrogen) atoms. The van der Waals surface area contributed by atoms with Crippen LogP contribution < -0.4 is 5.73 Å². The van der Waals surface area contributed by atoms with Crippen molar-refractivity contribution in [2.24, 2.45) is 0 Å². The van der Waals surface area contributed by atoms with E-state index in [2.05, 4.69) is 20.9 Å². The van der Waals surface area contributed by atoms with E-state index in [9.17, 15) is 0 Å². The number of benzene rings is 1. The summed E-state index contributed by atoms with van der Waals surface area (Å²) in [4.78, 5) is 4.21. The Balaban J connectivity index is 2.52. The molecule has 0 spiro atoms. The van der Waals surface area contributed by atoms with Crippen molar-refractivity contribution in [3.8, 4) is 10.6 Å². The van der Waals surface area contributed by atoms with E-state index in [1.807, 2.05) is 29.6 Å². The second-order valence-electron chi connectivity index (χ2n) is 2.56. The lowest BCUT2D eigenvalue weighted by Gasteiger charge is -1.97. The molecule has 2 N–H and O–H groups in total. The van der Waals surface area contributed by atoms with Crippen molar-refractivity contribution < 1.29 is 0 Å². The Labute approximate surface area is 88.6 Å². The molecule has 0 saturated carbocycles. The van der Waals surface area contributed by atoms with Gasteiger partial charge in [-0.2, -0.15) is 0 Å². The average Bonchev–Trinajstić information content (AvgIpc) is 2.53. The van der Waals surface area contributed by atoms with Crippen LogP contribution in [0.4, 0.5) is 5.82 Å². The maximum atomic E-state index is 5.55. The van der Waals surface area contributed by atoms with Crippen molar-refractivity contribution in [2.45, 2.75) is 0 Å². The minimum Gasteiger partial charge on any atom is -0.383 e. The van der Waals surface area contributed by atoms with Gasteiger partial charge in [-0.25, -0.2) is 4.98 Å². The molecule has 1 aromatic carbocycles. The van der Waals surface area contributed by atoms with E-state index < -0.39 is 0 Å². The molecule has 2 rings (SSSR count). The summed E-state index contributed by atoms with van der Waals surface area (Å²) in [5.41, 5.74) is 6.64. The summed E-state index contributed by atoms with van der Waals surface area (Å²) in [6.45, 7) is 0. The summed E-state index contributed by atoms with van der Waals surface area (Å²) in [5.74, 6) is 0.579. The molecule has 0 radical (unpaired) electrons. The molecule has 0 aliphatic carbocycles. The number of anilines is 1. The van der Waals surface area contributed by atoms with Crippen molar-refractivity contribution in [3.63, 3.8) is 0 Å². The number of hydrogen-bond donors (Lipinski definition) is 1. The first-order valence-corrected chi connectivity index (χ1v) is 5.40. The van der Waals surface area contributed by atoms with Crippen LogP contribution in [0.1, 0.15) is 0 Å². The first-order chi connectivity index (χ1) is 6.27. The molecule has 0 amide bonds. The number of halogens is 1. The van der Waals surface area contributed by atoms with Crippen LogP contribution in [-0.2, 0) is 0 Å². The minimum atomic E-state index is 0.579. The highest BCUT2D eigenvalue weighted by atomic mass is 79.9. The zero-order chi connectivity index (χ0) is 9.26. The van der Waals surface area contributed by atoms with Gasteiger partial charge in [-0.15, -0.1) is 11.3 Å². The SMILES string of the molecule is Nc1csc(-c2ccccc2Br)n1. The van der Waals surface area contributed by atoms with Crippen molar-refractivity contribution in [1.29, 1.82) is 0 Å². The molecular weight excluding hydrogens is 248 g/mol. The van der Waals surface area contributed by atoms with Gasteiger partial charge >= 0.3 is 0 Å². The maximum absolute atomic E-state index is 5.55. The molecule has 0 saturated heterocycles. The second-order valence-corrected chi connectivity index (χ2v) is 4.27. The highest BCUT2D eigenvalue weighted by Crippen LogP contribution is 2.30. The minimum absolute atomic E-state index is 0.579. The van der Waals surface area contributed by atoms with E-state index in [1.54, 1.807) is 11.3 Å². The lowest BCUT2D eigenvalue weighted by molar-refractivity contribution is 1.41. The zero-order valence-corrected chi connectivity index (χ0v) is 9.10. The van der Waals surface area contributed by atoms with E-state index in [-0.39, 0.29) is 0 Å². The maximum Gasteiger partial charge on any atom is 0.135 e. The van der Waals surface area contributed by atoms with Gasteiger partial charge < -0.3 is 5.73 Å².